The molecule has 75 heavy (non-hydrogen) atoms. The molecular weight excluding hydrogens is 999 g/mol. The van der Waals surface area contributed by atoms with Gasteiger partial charge in [-0.1, -0.05) is 56.0 Å². The topological polar surface area (TPSA) is 186 Å². The Morgan fingerprint density at radius 1 is 1.00 bits per heavy atom. The maximum Gasteiger partial charge on any atom is 0.322 e. The molecule has 2 aromatic carbocycles. The van der Waals surface area contributed by atoms with E-state index < -0.39 is 67.6 Å². The van der Waals surface area contributed by atoms with Gasteiger partial charge in [0, 0.05) is 108 Å². The molecule has 15 nitrogen and oxygen atoms in total. The lowest BCUT2D eigenvalue weighted by atomic mass is 9.42. The van der Waals surface area contributed by atoms with Crippen LogP contribution >= 0.6 is 11.8 Å². The van der Waals surface area contributed by atoms with Crippen molar-refractivity contribution in [2.24, 2.45) is 11.3 Å². The number of hydrogen-bond acceptors (Lipinski definition) is 14. The van der Waals surface area contributed by atoms with Crippen molar-refractivity contribution in [3.05, 3.63) is 88.9 Å². The fraction of sp³-hybridized carbons (Fsp3) is 0.614. The molecule has 4 aromatic rings. The van der Waals surface area contributed by atoms with Crippen molar-refractivity contribution < 1.29 is 38.5 Å². The van der Waals surface area contributed by atoms with Crippen LogP contribution in [0.5, 0.6) is 5.75 Å². The third-order valence-corrected chi connectivity index (χ3v) is 29.0. The zero-order chi connectivity index (χ0) is 53.7. The van der Waals surface area contributed by atoms with Gasteiger partial charge < -0.3 is 44.1 Å². The Morgan fingerprint density at radius 3 is 2.45 bits per heavy atom. The van der Waals surface area contributed by atoms with Crippen LogP contribution < -0.4 is 15.0 Å². The highest BCUT2D eigenvalue weighted by atomic mass is 32.2. The molecule has 2 aromatic heterocycles. The molecule has 10 rings (SSSR count). The number of aromatic amines is 1. The van der Waals surface area contributed by atoms with Crippen molar-refractivity contribution in [3.8, 4) is 5.75 Å². The summed E-state index contributed by atoms with van der Waals surface area (Å²) in [5, 5.41) is 45.2. The predicted molar refractivity (Wildman–Crippen MR) is 299 cm³/mol. The number of amides is 1. The molecule has 10 atom stereocenters. The monoisotopic (exact) mass is 1080 g/mol. The van der Waals surface area contributed by atoms with E-state index in [0.717, 1.165) is 55.6 Å². The molecule has 7 heterocycles. The second kappa shape index (κ2) is 19.4. The number of likely N-dealkylation sites (N-methyl/N-ethyl adjacent to an activating group) is 1. The summed E-state index contributed by atoms with van der Waals surface area (Å²) in [6, 6.07) is 12.8. The van der Waals surface area contributed by atoms with Crippen molar-refractivity contribution in [1.82, 2.24) is 30.1 Å². The molecule has 1 spiro atoms. The first-order chi connectivity index (χ1) is 35.5. The number of carbonyl (C=O) groups is 2. The van der Waals surface area contributed by atoms with E-state index in [-0.39, 0.29) is 12.0 Å². The first kappa shape index (κ1) is 54.2. The number of ether oxygens (including phenoxy) is 2. The SMILES string of the molecule is CC[C@]1(O)C[C@@H]2CN(CCc3c([nH]c4ccccc34)[C@@](C(=O)OC)(c3cc4c(cc3OC)N(C)[C@@]3(C)[C@@](O)(C(=O)NCCC[Si](C)(C)O[Si](C)(C)CSc5ncc(C)cn5)[C@H](O)[C@]5(CC)C=CCN6CC[C@]43[C@@H]65)C2)C1. The fourth-order valence-electron chi connectivity index (χ4n) is 15.8. The van der Waals surface area contributed by atoms with E-state index in [2.05, 4.69) is 93.5 Å². The van der Waals surface area contributed by atoms with E-state index in [4.69, 9.17) is 13.6 Å². The van der Waals surface area contributed by atoms with Crippen LogP contribution in [0.1, 0.15) is 87.2 Å². The number of aromatic nitrogens is 3. The smallest absolute Gasteiger partial charge is 0.322 e. The lowest BCUT2D eigenvalue weighted by Gasteiger charge is -2.68. The number of para-hydroxylation sites is 1. The number of H-pyrrole nitrogens is 1. The highest BCUT2D eigenvalue weighted by Gasteiger charge is 2.84. The zero-order valence-corrected chi connectivity index (χ0v) is 49.0. The predicted octanol–water partition coefficient (Wildman–Crippen LogP) is 7.00. The number of thioether (sulfide) groups is 1. The van der Waals surface area contributed by atoms with E-state index >= 15 is 9.59 Å². The van der Waals surface area contributed by atoms with Crippen LogP contribution in [0.15, 0.2) is 66.1 Å². The average molecular weight is 1080 g/mol. The molecule has 2 bridgehead atoms. The Kier molecular flexibility index (Phi) is 14.0. The van der Waals surface area contributed by atoms with Gasteiger partial charge in [0.15, 0.2) is 27.4 Å². The minimum atomic E-state index is -2.33. The highest BCUT2D eigenvalue weighted by Crippen LogP contribution is 2.71. The normalized spacial score (nSPS) is 33.2. The summed E-state index contributed by atoms with van der Waals surface area (Å²) >= 11 is 1.63. The van der Waals surface area contributed by atoms with E-state index in [1.54, 1.807) is 18.9 Å². The van der Waals surface area contributed by atoms with E-state index in [1.165, 1.54) is 7.11 Å². The Hall–Kier alpha value is -4.12. The maximum absolute atomic E-state index is 15.6. The van der Waals surface area contributed by atoms with Crippen LogP contribution in [0.4, 0.5) is 5.69 Å². The quantitative estimate of drug-likeness (QED) is 0.0205. The van der Waals surface area contributed by atoms with Gasteiger partial charge in [-0.15, -0.1) is 0 Å². The second-order valence-corrected chi connectivity index (χ2v) is 34.6. The molecule has 406 valence electrons. The lowest BCUT2D eigenvalue weighted by Crippen LogP contribution is -2.87. The Labute approximate surface area is 449 Å². The summed E-state index contributed by atoms with van der Waals surface area (Å²) in [6.45, 7) is 20.6. The Morgan fingerprint density at radius 2 is 1.75 bits per heavy atom. The highest BCUT2D eigenvalue weighted by molar-refractivity contribution is 8.00. The van der Waals surface area contributed by atoms with Crippen molar-refractivity contribution in [2.75, 3.05) is 70.8 Å². The van der Waals surface area contributed by atoms with Gasteiger partial charge in [-0.3, -0.25) is 19.4 Å². The molecule has 5 aliphatic heterocycles. The Balaban J connectivity index is 1.06. The summed E-state index contributed by atoms with van der Waals surface area (Å²) in [5.74, 6) is -0.660. The fourth-order valence-corrected chi connectivity index (χ4v) is 26.2. The van der Waals surface area contributed by atoms with Crippen LogP contribution in [-0.4, -0.2) is 163 Å². The van der Waals surface area contributed by atoms with E-state index in [0.29, 0.717) is 95.5 Å². The van der Waals surface area contributed by atoms with Gasteiger partial charge in [0.1, 0.15) is 17.3 Å². The van der Waals surface area contributed by atoms with Gasteiger partial charge in [0.25, 0.3) is 5.91 Å². The number of piperidine rings is 1. The van der Waals surface area contributed by atoms with Crippen LogP contribution in [0, 0.1) is 18.3 Å². The summed E-state index contributed by atoms with van der Waals surface area (Å²) in [7, 11) is 0.683. The third kappa shape index (κ3) is 8.22. The van der Waals surface area contributed by atoms with Crippen LogP contribution in [0.25, 0.3) is 10.9 Å². The molecular formula is C57H81N7O8SSi2. The summed E-state index contributed by atoms with van der Waals surface area (Å²) in [6.07, 6.45) is 10.1. The molecule has 1 amide bonds. The van der Waals surface area contributed by atoms with E-state index in [1.807, 2.05) is 63.3 Å². The molecule has 5 N–H and O–H groups in total. The second-order valence-electron chi connectivity index (χ2n) is 24.4. The van der Waals surface area contributed by atoms with Crippen LogP contribution in [0.2, 0.25) is 32.2 Å². The van der Waals surface area contributed by atoms with Gasteiger partial charge in [-0.2, -0.15) is 0 Å². The van der Waals surface area contributed by atoms with Gasteiger partial charge in [-0.05, 0) is 132 Å². The molecule has 1 unspecified atom stereocenters. The number of anilines is 1. The lowest BCUT2D eigenvalue weighted by molar-refractivity contribution is -0.223. The molecule has 1 saturated carbocycles. The minimum absolute atomic E-state index is 0.104. The summed E-state index contributed by atoms with van der Waals surface area (Å²) in [4.78, 5) is 50.8. The average Bonchev–Trinajstić information content (AvgIpc) is 4.27. The largest absolute Gasteiger partial charge is 0.496 e. The van der Waals surface area contributed by atoms with E-state index in [9.17, 15) is 15.3 Å². The molecule has 6 aliphatic rings. The maximum atomic E-state index is 15.6. The van der Waals surface area contributed by atoms with Crippen LogP contribution in [0.3, 0.4) is 0 Å². The first-order valence-corrected chi connectivity index (χ1v) is 34.6. The van der Waals surface area contributed by atoms with Crippen LogP contribution in [-0.2, 0) is 35.7 Å². The number of aryl methyl sites for hydroxylation is 1. The minimum Gasteiger partial charge on any atom is -0.496 e. The summed E-state index contributed by atoms with van der Waals surface area (Å²) in [5.41, 5.74) is -2.03. The third-order valence-electron chi connectivity index (χ3n) is 19.2. The number of carbonyl (C=O) groups excluding carboxylic acids is 2. The summed E-state index contributed by atoms with van der Waals surface area (Å²) < 4.78 is 19.5. The number of nitrogens with zero attached hydrogens (tertiary/aromatic N) is 5. The van der Waals surface area contributed by atoms with Gasteiger partial charge in [-0.25, -0.2) is 9.97 Å². The standard InChI is InChI=1S/C57H81N7O8SSi2/c1-12-53(68)30-38-31-55(50(67)71-7,46-40(20-25-63(34-38)35-53)39-18-14-15-19-43(39)61-46)42-28-41-44(29-45(42)70-6)62(5)52(4)56(41)22-26-64-24-16-21-54(13-2,47(56)64)48(65)57(52,69)49(66)58-23-17-27-74(8,9)72-75(10,11)36-73-51-59-32-37(3)33-60-51/h14-16,18-19,21,28-29,32-33,38,47-48,61,65,68-69H,12-13,17,20,22-27,30-31,34-36H2,1-11H3,(H,58,66)/t38-,47-,48+,52+,53-,54+,55-,56+,57-/m0/s1. The number of benzene rings is 2. The van der Waals surface area contributed by atoms with Gasteiger partial charge >= 0.3 is 5.97 Å². The number of methoxy groups -OCH3 is 2. The molecule has 18 heteroatoms. The van der Waals surface area contributed by atoms with Crippen molar-refractivity contribution in [3.63, 3.8) is 0 Å². The number of nitrogens with one attached hydrogen (secondary N) is 2. The molecule has 1 aliphatic carbocycles. The molecule has 0 radical (unpaired) electrons. The number of fused-ring (bicyclic) bond motifs is 6. The number of aliphatic hydroxyl groups is 3. The number of esters is 1. The Bertz CT molecular complexity index is 2890. The number of hydrogen-bond donors (Lipinski definition) is 5. The number of aliphatic hydroxyl groups excluding tert-OH is 1. The van der Waals surface area contributed by atoms with Crippen molar-refractivity contribution in [1.29, 1.82) is 0 Å². The first-order valence-electron chi connectivity index (χ1n) is 27.4. The van der Waals surface area contributed by atoms with Gasteiger partial charge in [0.2, 0.25) is 0 Å². The zero-order valence-electron chi connectivity index (χ0n) is 46.1. The van der Waals surface area contributed by atoms with Gasteiger partial charge in [0.05, 0.1) is 25.4 Å². The van der Waals surface area contributed by atoms with Crippen molar-refractivity contribution >= 4 is 56.9 Å². The number of rotatable bonds is 15. The molecule has 3 fully saturated rings. The molecule has 2 saturated heterocycles. The van der Waals surface area contributed by atoms with Crippen molar-refractivity contribution in [2.45, 2.75) is 150 Å².